The van der Waals surface area contributed by atoms with Crippen molar-refractivity contribution in [1.82, 2.24) is 5.32 Å². The third-order valence-electron chi connectivity index (χ3n) is 2.95. The summed E-state index contributed by atoms with van der Waals surface area (Å²) >= 11 is 6.03. The Morgan fingerprint density at radius 3 is 2.52 bits per heavy atom. The van der Waals surface area contributed by atoms with Gasteiger partial charge in [0.05, 0.1) is 12.5 Å². The van der Waals surface area contributed by atoms with Crippen molar-refractivity contribution in [3.63, 3.8) is 0 Å². The Morgan fingerprint density at radius 1 is 1.24 bits per heavy atom. The lowest BCUT2D eigenvalue weighted by Gasteiger charge is -2.13. The molecule has 2 N–H and O–H groups in total. The molecule has 1 unspecified atom stereocenters. The lowest BCUT2D eigenvalue weighted by Crippen LogP contribution is -2.29. The molecule has 4 nitrogen and oxygen atoms in total. The van der Waals surface area contributed by atoms with Gasteiger partial charge in [-0.15, -0.1) is 0 Å². The smallest absolute Gasteiger partial charge is 0.225 e. The first-order chi connectivity index (χ1) is 10.1. The molecule has 1 amide bonds. The Morgan fingerprint density at radius 2 is 1.90 bits per heavy atom. The van der Waals surface area contributed by atoms with Gasteiger partial charge in [-0.05, 0) is 23.8 Å². The van der Waals surface area contributed by atoms with Gasteiger partial charge in [-0.1, -0.05) is 41.9 Å². The summed E-state index contributed by atoms with van der Waals surface area (Å²) in [6.07, 6.45) is 0.128. The summed E-state index contributed by atoms with van der Waals surface area (Å²) in [5.74, 6) is -0.141. The second kappa shape index (κ2) is 6.78. The van der Waals surface area contributed by atoms with Crippen molar-refractivity contribution in [2.45, 2.75) is 12.5 Å². The van der Waals surface area contributed by atoms with E-state index in [2.05, 4.69) is 5.32 Å². The number of carbonyl (C=O) groups is 1. The van der Waals surface area contributed by atoms with Crippen molar-refractivity contribution in [3.05, 3.63) is 64.7 Å². The first kappa shape index (κ1) is 14.9. The summed E-state index contributed by atoms with van der Waals surface area (Å²) < 4.78 is 0. The van der Waals surface area contributed by atoms with Gasteiger partial charge in [-0.3, -0.25) is 4.79 Å². The van der Waals surface area contributed by atoms with Crippen molar-refractivity contribution in [1.29, 1.82) is 5.26 Å². The predicted molar refractivity (Wildman–Crippen MR) is 79.8 cm³/mol. The third kappa shape index (κ3) is 3.98. The van der Waals surface area contributed by atoms with Gasteiger partial charge >= 0.3 is 0 Å². The lowest BCUT2D eigenvalue weighted by atomic mass is 10.1. The van der Waals surface area contributed by atoms with Crippen LogP contribution < -0.4 is 5.32 Å². The number of rotatable bonds is 4. The van der Waals surface area contributed by atoms with E-state index in [9.17, 15) is 15.2 Å². The molecule has 106 valence electrons. The van der Waals surface area contributed by atoms with Crippen molar-refractivity contribution in [3.8, 4) is 11.8 Å². The first-order valence-corrected chi connectivity index (χ1v) is 6.69. The van der Waals surface area contributed by atoms with Gasteiger partial charge in [0.1, 0.15) is 11.8 Å². The highest BCUT2D eigenvalue weighted by molar-refractivity contribution is 6.31. The number of carbonyl (C=O) groups excluding carboxylic acids is 1. The summed E-state index contributed by atoms with van der Waals surface area (Å²) in [6, 6.07) is 14.5. The van der Waals surface area contributed by atoms with Gasteiger partial charge in [-0.2, -0.15) is 5.26 Å². The molecule has 0 spiro atoms. The number of hydrogen-bond donors (Lipinski definition) is 2. The van der Waals surface area contributed by atoms with Crippen LogP contribution in [-0.2, 0) is 11.2 Å². The number of benzene rings is 2. The van der Waals surface area contributed by atoms with Gasteiger partial charge in [-0.25, -0.2) is 0 Å². The number of phenolic OH excluding ortho intramolecular Hbond substituents is 1. The maximum absolute atomic E-state index is 12.0. The van der Waals surface area contributed by atoms with Crippen LogP contribution in [-0.4, -0.2) is 11.0 Å². The van der Waals surface area contributed by atoms with Crippen LogP contribution >= 0.6 is 11.6 Å². The van der Waals surface area contributed by atoms with E-state index in [1.54, 1.807) is 36.4 Å². The molecule has 0 bridgehead atoms. The Balaban J connectivity index is 2.05. The molecule has 2 aromatic rings. The number of aromatic hydroxyl groups is 1. The zero-order chi connectivity index (χ0) is 15.2. The van der Waals surface area contributed by atoms with E-state index in [0.29, 0.717) is 10.6 Å². The van der Waals surface area contributed by atoms with Crippen molar-refractivity contribution in [2.24, 2.45) is 0 Å². The third-order valence-corrected chi connectivity index (χ3v) is 3.30. The van der Waals surface area contributed by atoms with E-state index in [1.807, 2.05) is 6.07 Å². The van der Waals surface area contributed by atoms with Crippen LogP contribution in [0.1, 0.15) is 17.2 Å². The molecule has 5 heteroatoms. The highest BCUT2D eigenvalue weighted by atomic mass is 35.5. The fraction of sp³-hybridized carbons (Fsp3) is 0.125. The number of amides is 1. The minimum absolute atomic E-state index is 0.128. The van der Waals surface area contributed by atoms with Gasteiger partial charge in [0, 0.05) is 10.6 Å². The van der Waals surface area contributed by atoms with Gasteiger partial charge in [0.15, 0.2) is 0 Å². The average Bonchev–Trinajstić information content (AvgIpc) is 2.48. The minimum atomic E-state index is -0.789. The number of nitrogens with zero attached hydrogens (tertiary/aromatic N) is 1. The number of halogens is 1. The average molecular weight is 301 g/mol. The molecule has 0 aliphatic rings. The zero-order valence-corrected chi connectivity index (χ0v) is 11.8. The molecule has 0 heterocycles. The van der Waals surface area contributed by atoms with Crippen LogP contribution in [0.15, 0.2) is 48.5 Å². The van der Waals surface area contributed by atoms with Crippen LogP contribution in [0.5, 0.6) is 5.75 Å². The fourth-order valence-corrected chi connectivity index (χ4v) is 2.14. The minimum Gasteiger partial charge on any atom is -0.508 e. The van der Waals surface area contributed by atoms with Crippen molar-refractivity contribution in [2.75, 3.05) is 0 Å². The maximum atomic E-state index is 12.0. The van der Waals surface area contributed by atoms with E-state index in [0.717, 1.165) is 5.56 Å². The lowest BCUT2D eigenvalue weighted by molar-refractivity contribution is -0.120. The summed E-state index contributed by atoms with van der Waals surface area (Å²) in [5.41, 5.74) is 1.32. The number of phenols is 1. The van der Waals surface area contributed by atoms with E-state index >= 15 is 0 Å². The topological polar surface area (TPSA) is 73.1 Å². The molecule has 0 saturated heterocycles. The van der Waals surface area contributed by atoms with Crippen LogP contribution in [0.3, 0.4) is 0 Å². The van der Waals surface area contributed by atoms with Gasteiger partial charge in [0.2, 0.25) is 5.91 Å². The number of nitriles is 1. The summed E-state index contributed by atoms with van der Waals surface area (Å²) in [7, 11) is 0. The van der Waals surface area contributed by atoms with Crippen molar-refractivity contribution >= 4 is 17.5 Å². The quantitative estimate of drug-likeness (QED) is 0.911. The van der Waals surface area contributed by atoms with E-state index in [1.165, 1.54) is 12.1 Å². The molecule has 0 aliphatic carbocycles. The molecule has 0 saturated carbocycles. The molecule has 21 heavy (non-hydrogen) atoms. The van der Waals surface area contributed by atoms with Gasteiger partial charge < -0.3 is 10.4 Å². The molecule has 0 aliphatic heterocycles. The normalized spacial score (nSPS) is 11.4. The second-order valence-corrected chi connectivity index (χ2v) is 4.90. The standard InChI is InChI=1S/C16H13ClN2O2/c17-14-4-2-1-3-13(14)15(10-18)19-16(21)9-11-5-7-12(20)8-6-11/h1-8,15,20H,9H2,(H,19,21). The molecule has 0 fully saturated rings. The van der Waals surface area contributed by atoms with Crippen LogP contribution in [0.4, 0.5) is 0 Å². The predicted octanol–water partition coefficient (Wildman–Crippen LogP) is 2.97. The number of hydrogen-bond acceptors (Lipinski definition) is 3. The first-order valence-electron chi connectivity index (χ1n) is 6.31. The fourth-order valence-electron chi connectivity index (χ4n) is 1.90. The van der Waals surface area contributed by atoms with Gasteiger partial charge in [0.25, 0.3) is 0 Å². The second-order valence-electron chi connectivity index (χ2n) is 4.49. The molecular weight excluding hydrogens is 288 g/mol. The summed E-state index contributed by atoms with van der Waals surface area (Å²) in [4.78, 5) is 12.0. The SMILES string of the molecule is N#CC(NC(=O)Cc1ccc(O)cc1)c1ccccc1Cl. The van der Waals surface area contributed by atoms with Crippen LogP contribution in [0, 0.1) is 11.3 Å². The van der Waals surface area contributed by atoms with E-state index in [4.69, 9.17) is 11.6 Å². The van der Waals surface area contributed by atoms with E-state index < -0.39 is 6.04 Å². The highest BCUT2D eigenvalue weighted by Gasteiger charge is 2.16. The Labute approximate surface area is 127 Å². The van der Waals surface area contributed by atoms with E-state index in [-0.39, 0.29) is 18.1 Å². The Kier molecular flexibility index (Phi) is 4.81. The Hall–Kier alpha value is -2.51. The maximum Gasteiger partial charge on any atom is 0.225 e. The molecule has 2 rings (SSSR count). The summed E-state index contributed by atoms with van der Waals surface area (Å²) in [6.45, 7) is 0. The molecule has 0 radical (unpaired) electrons. The molecule has 0 aromatic heterocycles. The largest absolute Gasteiger partial charge is 0.508 e. The monoisotopic (exact) mass is 300 g/mol. The van der Waals surface area contributed by atoms with Crippen LogP contribution in [0.25, 0.3) is 0 Å². The zero-order valence-electron chi connectivity index (χ0n) is 11.1. The number of nitrogens with one attached hydrogen (secondary N) is 1. The van der Waals surface area contributed by atoms with Crippen LogP contribution in [0.2, 0.25) is 5.02 Å². The molecule has 2 aromatic carbocycles. The van der Waals surface area contributed by atoms with Crippen molar-refractivity contribution < 1.29 is 9.90 Å². The summed E-state index contributed by atoms with van der Waals surface area (Å²) in [5, 5.41) is 21.5. The Bertz CT molecular complexity index is 677. The highest BCUT2D eigenvalue weighted by Crippen LogP contribution is 2.22. The molecular formula is C16H13ClN2O2. The molecule has 1 atom stereocenters.